The second-order valence-electron chi connectivity index (χ2n) is 5.53. The molecule has 2 aliphatic heterocycles. The van der Waals surface area contributed by atoms with E-state index in [1.807, 2.05) is 29.2 Å². The zero-order valence-corrected chi connectivity index (χ0v) is 12.2. The van der Waals surface area contributed by atoms with E-state index in [0.29, 0.717) is 11.6 Å². The van der Waals surface area contributed by atoms with Crippen molar-refractivity contribution in [1.82, 2.24) is 5.32 Å². The van der Waals surface area contributed by atoms with E-state index >= 15 is 0 Å². The molecule has 0 aliphatic carbocycles. The molecule has 1 atom stereocenters. The van der Waals surface area contributed by atoms with Crippen molar-refractivity contribution in [3.8, 4) is 0 Å². The summed E-state index contributed by atoms with van der Waals surface area (Å²) in [7, 11) is 0. The molecule has 0 saturated carbocycles. The number of morpholine rings is 1. The van der Waals surface area contributed by atoms with E-state index in [1.54, 1.807) is 0 Å². The van der Waals surface area contributed by atoms with Crippen LogP contribution in [0.3, 0.4) is 0 Å². The van der Waals surface area contributed by atoms with Crippen LogP contribution in [0.15, 0.2) is 24.3 Å². The maximum Gasteiger partial charge on any atom is 0.253 e. The first-order valence-electron chi connectivity index (χ1n) is 7.08. The Kier molecular flexibility index (Phi) is 3.96. The molecule has 0 radical (unpaired) electrons. The fourth-order valence-electron chi connectivity index (χ4n) is 3.24. The van der Waals surface area contributed by atoms with Gasteiger partial charge in [-0.05, 0) is 50.6 Å². The molecule has 1 unspecified atom stereocenters. The maximum absolute atomic E-state index is 12.4. The van der Waals surface area contributed by atoms with Gasteiger partial charge in [0.2, 0.25) is 0 Å². The van der Waals surface area contributed by atoms with Crippen molar-refractivity contribution in [1.29, 1.82) is 0 Å². The lowest BCUT2D eigenvalue weighted by atomic mass is 9.87. The number of anilines is 1. The predicted octanol–water partition coefficient (Wildman–Crippen LogP) is 2.22. The Morgan fingerprint density at radius 2 is 2.20 bits per heavy atom. The van der Waals surface area contributed by atoms with Gasteiger partial charge in [-0.3, -0.25) is 4.79 Å². The number of ether oxygens (including phenoxy) is 1. The van der Waals surface area contributed by atoms with Gasteiger partial charge in [0, 0.05) is 10.7 Å². The quantitative estimate of drug-likeness (QED) is 0.863. The number of amides is 1. The molecule has 20 heavy (non-hydrogen) atoms. The lowest BCUT2D eigenvalue weighted by molar-refractivity contribution is -0.130. The summed E-state index contributed by atoms with van der Waals surface area (Å²) in [6.07, 6.45) is 2.91. The zero-order chi connectivity index (χ0) is 14.0. The largest absolute Gasteiger partial charge is 0.369 e. The predicted molar refractivity (Wildman–Crippen MR) is 79.2 cm³/mol. The Hall–Kier alpha value is -1.10. The number of halogens is 1. The molecule has 1 amide bonds. The van der Waals surface area contributed by atoms with E-state index in [0.717, 1.165) is 38.0 Å². The zero-order valence-electron chi connectivity index (χ0n) is 11.4. The van der Waals surface area contributed by atoms with Crippen LogP contribution in [0, 0.1) is 0 Å². The Balaban J connectivity index is 1.99. The van der Waals surface area contributed by atoms with Crippen molar-refractivity contribution in [2.75, 3.05) is 31.2 Å². The fraction of sp³-hybridized carbons (Fsp3) is 0.533. The first-order chi connectivity index (χ1) is 9.71. The van der Waals surface area contributed by atoms with Crippen LogP contribution < -0.4 is 10.2 Å². The molecule has 1 spiro atoms. The van der Waals surface area contributed by atoms with Crippen molar-refractivity contribution in [2.45, 2.75) is 24.8 Å². The summed E-state index contributed by atoms with van der Waals surface area (Å²) >= 11 is 6.09. The third kappa shape index (κ3) is 2.55. The summed E-state index contributed by atoms with van der Waals surface area (Å²) in [6, 6.07) is 7.54. The lowest BCUT2D eigenvalue weighted by Gasteiger charge is -2.46. The smallest absolute Gasteiger partial charge is 0.253 e. The number of hydrogen-bond donors (Lipinski definition) is 1. The Bertz CT molecular complexity index is 498. The SMILES string of the molecule is O=C1COCC2(CCCNCC2)N1c1cccc(Cl)c1. The molecular weight excluding hydrogens is 276 g/mol. The van der Waals surface area contributed by atoms with Crippen LogP contribution in [0.1, 0.15) is 19.3 Å². The molecule has 0 aromatic heterocycles. The molecule has 2 aliphatic rings. The van der Waals surface area contributed by atoms with Gasteiger partial charge in [0.25, 0.3) is 5.91 Å². The molecule has 1 N–H and O–H groups in total. The third-order valence-electron chi connectivity index (χ3n) is 4.15. The minimum atomic E-state index is -0.233. The summed E-state index contributed by atoms with van der Waals surface area (Å²) in [5, 5.41) is 4.05. The molecule has 0 bridgehead atoms. The topological polar surface area (TPSA) is 41.6 Å². The molecule has 2 saturated heterocycles. The Morgan fingerprint density at radius 3 is 3.05 bits per heavy atom. The second-order valence-corrected chi connectivity index (χ2v) is 5.97. The van der Waals surface area contributed by atoms with Crippen LogP contribution in [0.2, 0.25) is 5.02 Å². The van der Waals surface area contributed by atoms with Crippen molar-refractivity contribution in [2.24, 2.45) is 0 Å². The van der Waals surface area contributed by atoms with Gasteiger partial charge in [0.15, 0.2) is 0 Å². The lowest BCUT2D eigenvalue weighted by Crippen LogP contribution is -2.60. The molecule has 1 aromatic rings. The third-order valence-corrected chi connectivity index (χ3v) is 4.38. The van der Waals surface area contributed by atoms with Crippen molar-refractivity contribution >= 4 is 23.2 Å². The van der Waals surface area contributed by atoms with Crippen molar-refractivity contribution < 1.29 is 9.53 Å². The summed E-state index contributed by atoms with van der Waals surface area (Å²) in [5.41, 5.74) is 0.650. The van der Waals surface area contributed by atoms with Crippen molar-refractivity contribution in [3.63, 3.8) is 0 Å². The minimum absolute atomic E-state index is 0.0282. The highest BCUT2D eigenvalue weighted by molar-refractivity contribution is 6.30. The molecular formula is C15H19ClN2O2. The van der Waals surface area contributed by atoms with Gasteiger partial charge in [-0.2, -0.15) is 0 Å². The van der Waals surface area contributed by atoms with E-state index in [1.165, 1.54) is 0 Å². The number of carbonyl (C=O) groups excluding carboxylic acids is 1. The molecule has 1 aromatic carbocycles. The van der Waals surface area contributed by atoms with Gasteiger partial charge < -0.3 is 15.0 Å². The number of nitrogens with zero attached hydrogens (tertiary/aromatic N) is 1. The second kappa shape index (κ2) is 5.72. The number of carbonyl (C=O) groups is 1. The minimum Gasteiger partial charge on any atom is -0.369 e. The van der Waals surface area contributed by atoms with E-state index in [4.69, 9.17) is 16.3 Å². The average molecular weight is 295 g/mol. The van der Waals surface area contributed by atoms with Gasteiger partial charge in [-0.15, -0.1) is 0 Å². The van der Waals surface area contributed by atoms with Crippen LogP contribution in [0.25, 0.3) is 0 Å². The van der Waals surface area contributed by atoms with E-state index in [-0.39, 0.29) is 18.1 Å². The molecule has 2 fully saturated rings. The highest BCUT2D eigenvalue weighted by atomic mass is 35.5. The summed E-state index contributed by atoms with van der Waals surface area (Å²) in [6.45, 7) is 2.67. The normalized spacial score (nSPS) is 27.6. The number of hydrogen-bond acceptors (Lipinski definition) is 3. The van der Waals surface area contributed by atoms with E-state index < -0.39 is 0 Å². The van der Waals surface area contributed by atoms with Gasteiger partial charge in [-0.25, -0.2) is 0 Å². The first kappa shape index (κ1) is 13.9. The van der Waals surface area contributed by atoms with Gasteiger partial charge in [-0.1, -0.05) is 17.7 Å². The monoisotopic (exact) mass is 294 g/mol. The number of rotatable bonds is 1. The Morgan fingerprint density at radius 1 is 1.30 bits per heavy atom. The Labute approximate surface area is 124 Å². The van der Waals surface area contributed by atoms with E-state index in [9.17, 15) is 4.79 Å². The highest BCUT2D eigenvalue weighted by Crippen LogP contribution is 2.35. The van der Waals surface area contributed by atoms with Gasteiger partial charge >= 0.3 is 0 Å². The molecule has 3 rings (SSSR count). The molecule has 108 valence electrons. The maximum atomic E-state index is 12.4. The number of nitrogens with one attached hydrogen (secondary N) is 1. The summed E-state index contributed by atoms with van der Waals surface area (Å²) in [4.78, 5) is 14.4. The fourth-order valence-corrected chi connectivity index (χ4v) is 3.42. The van der Waals surface area contributed by atoms with Crippen molar-refractivity contribution in [3.05, 3.63) is 29.3 Å². The van der Waals surface area contributed by atoms with Crippen LogP contribution in [-0.2, 0) is 9.53 Å². The standard InChI is InChI=1S/C15H19ClN2O2/c16-12-3-1-4-13(9-12)18-14(19)10-20-11-15(18)5-2-7-17-8-6-15/h1,3-4,9,17H,2,5-8,10-11H2. The molecule has 2 heterocycles. The molecule has 5 heteroatoms. The van der Waals surface area contributed by atoms with Crippen LogP contribution in [0.5, 0.6) is 0 Å². The number of benzene rings is 1. The van der Waals surface area contributed by atoms with E-state index in [2.05, 4.69) is 5.32 Å². The van der Waals surface area contributed by atoms with Crippen LogP contribution >= 0.6 is 11.6 Å². The average Bonchev–Trinajstić information content (AvgIpc) is 2.65. The molecule has 4 nitrogen and oxygen atoms in total. The van der Waals surface area contributed by atoms with Gasteiger partial charge in [0.1, 0.15) is 6.61 Å². The van der Waals surface area contributed by atoms with Gasteiger partial charge in [0.05, 0.1) is 12.1 Å². The van der Waals surface area contributed by atoms with Crippen LogP contribution in [0.4, 0.5) is 5.69 Å². The highest BCUT2D eigenvalue weighted by Gasteiger charge is 2.44. The summed E-state index contributed by atoms with van der Waals surface area (Å²) in [5.74, 6) is 0.0282. The first-order valence-corrected chi connectivity index (χ1v) is 7.46. The summed E-state index contributed by atoms with van der Waals surface area (Å²) < 4.78 is 5.56. The van der Waals surface area contributed by atoms with Crippen LogP contribution in [-0.4, -0.2) is 37.7 Å².